The van der Waals surface area contributed by atoms with E-state index in [1.165, 1.54) is 6.42 Å². The summed E-state index contributed by atoms with van der Waals surface area (Å²) in [7, 11) is 0. The van der Waals surface area contributed by atoms with Crippen molar-refractivity contribution in [2.24, 2.45) is 0 Å². The fraction of sp³-hybridized carbons (Fsp3) is 0.562. The molecule has 1 atom stereocenters. The van der Waals surface area contributed by atoms with Crippen LogP contribution in [0.25, 0.3) is 5.65 Å². The molecule has 1 unspecified atom stereocenters. The van der Waals surface area contributed by atoms with Crippen LogP contribution in [0.1, 0.15) is 26.0 Å². The van der Waals surface area contributed by atoms with Crippen molar-refractivity contribution in [3.8, 4) is 0 Å². The highest BCUT2D eigenvalue weighted by atomic mass is 35.5. The van der Waals surface area contributed by atoms with E-state index in [-0.39, 0.29) is 0 Å². The maximum atomic E-state index is 6.19. The lowest BCUT2D eigenvalue weighted by atomic mass is 10.2. The van der Waals surface area contributed by atoms with Gasteiger partial charge in [0.25, 0.3) is 0 Å². The van der Waals surface area contributed by atoms with Gasteiger partial charge in [-0.2, -0.15) is 0 Å². The molecule has 1 saturated heterocycles. The van der Waals surface area contributed by atoms with Crippen molar-refractivity contribution in [3.63, 3.8) is 0 Å². The number of nitrogens with zero attached hydrogens (tertiary/aromatic N) is 4. The Morgan fingerprint density at radius 2 is 2.14 bits per heavy atom. The van der Waals surface area contributed by atoms with E-state index in [0.29, 0.717) is 11.9 Å². The van der Waals surface area contributed by atoms with Crippen LogP contribution in [0, 0.1) is 0 Å². The van der Waals surface area contributed by atoms with Crippen LogP contribution in [-0.4, -0.2) is 46.5 Å². The van der Waals surface area contributed by atoms with Gasteiger partial charge in [0.2, 0.25) is 0 Å². The highest BCUT2D eigenvalue weighted by Gasteiger charge is 2.29. The van der Waals surface area contributed by atoms with Crippen molar-refractivity contribution < 1.29 is 0 Å². The predicted molar refractivity (Wildman–Crippen MR) is 88.3 cm³/mol. The molecule has 1 aliphatic rings. The molecule has 0 aliphatic carbocycles. The molecule has 2 aromatic rings. The Bertz CT molecular complexity index is 605. The maximum absolute atomic E-state index is 6.19. The van der Waals surface area contributed by atoms with E-state index in [1.54, 1.807) is 0 Å². The van der Waals surface area contributed by atoms with Crippen LogP contribution in [0.5, 0.6) is 0 Å². The fourth-order valence-corrected chi connectivity index (χ4v) is 3.63. The van der Waals surface area contributed by atoms with Crippen LogP contribution >= 0.6 is 11.6 Å². The Labute approximate surface area is 131 Å². The number of halogens is 1. The van der Waals surface area contributed by atoms with Gasteiger partial charge in [0.1, 0.15) is 5.65 Å². The van der Waals surface area contributed by atoms with Crippen molar-refractivity contribution in [1.29, 1.82) is 0 Å². The zero-order chi connectivity index (χ0) is 14.8. The number of alkyl halides is 1. The van der Waals surface area contributed by atoms with Gasteiger partial charge in [-0.1, -0.05) is 19.9 Å². The molecule has 3 rings (SSSR count). The molecule has 0 spiro atoms. The molecule has 1 fully saturated rings. The first-order chi connectivity index (χ1) is 10.3. The fourth-order valence-electron chi connectivity index (χ4n) is 3.38. The monoisotopic (exact) mass is 306 g/mol. The zero-order valence-electron chi connectivity index (χ0n) is 12.8. The van der Waals surface area contributed by atoms with Crippen LogP contribution < -0.4 is 4.90 Å². The molecule has 0 saturated carbocycles. The van der Waals surface area contributed by atoms with E-state index in [1.807, 2.05) is 24.4 Å². The third kappa shape index (κ3) is 2.62. The Morgan fingerprint density at radius 3 is 2.86 bits per heavy atom. The zero-order valence-corrected chi connectivity index (χ0v) is 13.6. The SMILES string of the molecule is CCN(CC)C1CCN(c2nc3ccccn3c2CCl)C1. The quantitative estimate of drug-likeness (QED) is 0.794. The predicted octanol–water partition coefficient (Wildman–Crippen LogP) is 2.99. The summed E-state index contributed by atoms with van der Waals surface area (Å²) in [6.07, 6.45) is 3.25. The highest BCUT2D eigenvalue weighted by Crippen LogP contribution is 2.28. The topological polar surface area (TPSA) is 23.8 Å². The van der Waals surface area contributed by atoms with E-state index >= 15 is 0 Å². The van der Waals surface area contributed by atoms with Gasteiger partial charge in [0, 0.05) is 25.3 Å². The number of pyridine rings is 1. The molecule has 0 bridgehead atoms. The van der Waals surface area contributed by atoms with Gasteiger partial charge in [-0.05, 0) is 31.6 Å². The van der Waals surface area contributed by atoms with E-state index < -0.39 is 0 Å². The lowest BCUT2D eigenvalue weighted by Crippen LogP contribution is -2.37. The van der Waals surface area contributed by atoms with E-state index in [9.17, 15) is 0 Å². The number of imidazole rings is 1. The molecule has 3 heterocycles. The minimum atomic E-state index is 0.493. The summed E-state index contributed by atoms with van der Waals surface area (Å²) in [5, 5.41) is 0. The number of anilines is 1. The summed E-state index contributed by atoms with van der Waals surface area (Å²) in [5.74, 6) is 1.55. The van der Waals surface area contributed by atoms with Gasteiger partial charge < -0.3 is 9.30 Å². The number of hydrogen-bond donors (Lipinski definition) is 0. The van der Waals surface area contributed by atoms with E-state index in [4.69, 9.17) is 16.6 Å². The summed E-state index contributed by atoms with van der Waals surface area (Å²) in [6, 6.07) is 6.72. The molecule has 1 aliphatic heterocycles. The number of likely N-dealkylation sites (N-methyl/N-ethyl adjacent to an activating group) is 1. The van der Waals surface area contributed by atoms with Crippen molar-refractivity contribution in [1.82, 2.24) is 14.3 Å². The first-order valence-corrected chi connectivity index (χ1v) is 8.32. The van der Waals surface area contributed by atoms with Crippen LogP contribution in [0.3, 0.4) is 0 Å². The first-order valence-electron chi connectivity index (χ1n) is 7.79. The molecule has 5 heteroatoms. The largest absolute Gasteiger partial charge is 0.353 e. The van der Waals surface area contributed by atoms with Gasteiger partial charge in [-0.25, -0.2) is 4.98 Å². The summed E-state index contributed by atoms with van der Waals surface area (Å²) in [6.45, 7) is 8.82. The summed E-state index contributed by atoms with van der Waals surface area (Å²) in [5.41, 5.74) is 2.09. The molecular formula is C16H23ClN4. The van der Waals surface area contributed by atoms with Crippen LogP contribution in [-0.2, 0) is 5.88 Å². The second-order valence-corrected chi connectivity index (χ2v) is 5.82. The van der Waals surface area contributed by atoms with Gasteiger partial charge in [0.05, 0.1) is 11.6 Å². The van der Waals surface area contributed by atoms with Gasteiger partial charge >= 0.3 is 0 Å². The van der Waals surface area contributed by atoms with Crippen LogP contribution in [0.15, 0.2) is 24.4 Å². The number of hydrogen-bond acceptors (Lipinski definition) is 3. The minimum Gasteiger partial charge on any atom is -0.353 e. The highest BCUT2D eigenvalue weighted by molar-refractivity contribution is 6.17. The second-order valence-electron chi connectivity index (χ2n) is 5.55. The van der Waals surface area contributed by atoms with Crippen LogP contribution in [0.2, 0.25) is 0 Å². The number of aromatic nitrogens is 2. The number of rotatable bonds is 5. The third-order valence-electron chi connectivity index (χ3n) is 4.53. The molecule has 21 heavy (non-hydrogen) atoms. The van der Waals surface area contributed by atoms with Crippen LogP contribution in [0.4, 0.5) is 5.82 Å². The second kappa shape index (κ2) is 6.24. The third-order valence-corrected chi connectivity index (χ3v) is 4.78. The molecule has 4 nitrogen and oxygen atoms in total. The first kappa shape index (κ1) is 14.7. The van der Waals surface area contributed by atoms with Crippen molar-refractivity contribution >= 4 is 23.1 Å². The standard InChI is InChI=1S/C16H23ClN4/c1-3-19(4-2)13-8-10-20(12-13)16-14(11-17)21-9-6-5-7-15(21)18-16/h5-7,9,13H,3-4,8,10-12H2,1-2H3. The van der Waals surface area contributed by atoms with Crippen molar-refractivity contribution in [2.45, 2.75) is 32.2 Å². The summed E-state index contributed by atoms with van der Waals surface area (Å²) >= 11 is 6.19. The Kier molecular flexibility index (Phi) is 4.36. The van der Waals surface area contributed by atoms with E-state index in [2.05, 4.69) is 28.0 Å². The lowest BCUT2D eigenvalue weighted by Gasteiger charge is -2.26. The molecule has 0 amide bonds. The van der Waals surface area contributed by atoms with E-state index in [0.717, 1.165) is 43.3 Å². The molecule has 0 radical (unpaired) electrons. The average molecular weight is 307 g/mol. The smallest absolute Gasteiger partial charge is 0.152 e. The van der Waals surface area contributed by atoms with Gasteiger partial charge in [-0.15, -0.1) is 11.6 Å². The lowest BCUT2D eigenvalue weighted by molar-refractivity contribution is 0.232. The van der Waals surface area contributed by atoms with Crippen molar-refractivity contribution in [2.75, 3.05) is 31.1 Å². The van der Waals surface area contributed by atoms with Gasteiger partial charge in [-0.3, -0.25) is 4.90 Å². The molecule has 114 valence electrons. The molecule has 0 aromatic carbocycles. The maximum Gasteiger partial charge on any atom is 0.152 e. The average Bonchev–Trinajstić information content (AvgIpc) is 3.12. The molecule has 0 N–H and O–H groups in total. The normalized spacial score (nSPS) is 19.0. The Hall–Kier alpha value is -1.26. The molecular weight excluding hydrogens is 284 g/mol. The Balaban J connectivity index is 1.88. The summed E-state index contributed by atoms with van der Waals surface area (Å²) in [4.78, 5) is 9.73. The summed E-state index contributed by atoms with van der Waals surface area (Å²) < 4.78 is 2.10. The molecule has 2 aromatic heterocycles. The number of fused-ring (bicyclic) bond motifs is 1. The van der Waals surface area contributed by atoms with Crippen molar-refractivity contribution in [3.05, 3.63) is 30.1 Å². The Morgan fingerprint density at radius 1 is 1.33 bits per heavy atom. The van der Waals surface area contributed by atoms with Gasteiger partial charge in [0.15, 0.2) is 5.82 Å². The minimum absolute atomic E-state index is 0.493.